The summed E-state index contributed by atoms with van der Waals surface area (Å²) in [6, 6.07) is 22.2. The molecule has 2 amide bonds. The number of carbonyl (C=O) groups is 2. The van der Waals surface area contributed by atoms with Gasteiger partial charge in [-0.15, -0.1) is 0 Å². The topological polar surface area (TPSA) is 83.4 Å². The molecule has 1 aromatic heterocycles. The SMILES string of the molecule is CCc1ccc(CC2N=C(c3ccc(NC(=O)Nc4cccnc4)cc3)c3cc(Cl)ccc3CC2=O)cc1CC. The molecule has 1 aliphatic heterocycles. The van der Waals surface area contributed by atoms with Crippen LogP contribution in [0, 0.1) is 0 Å². The number of rotatable bonds is 7. The lowest BCUT2D eigenvalue weighted by atomic mass is 9.94. The van der Waals surface area contributed by atoms with E-state index in [9.17, 15) is 9.59 Å². The quantitative estimate of drug-likeness (QED) is 0.258. The Labute approximate surface area is 239 Å². The fraction of sp³-hybridized carbons (Fsp3) is 0.212. The molecule has 0 saturated heterocycles. The van der Waals surface area contributed by atoms with Gasteiger partial charge in [0.1, 0.15) is 6.04 Å². The van der Waals surface area contributed by atoms with Gasteiger partial charge in [0.05, 0.1) is 17.6 Å². The van der Waals surface area contributed by atoms with Crippen LogP contribution in [0.15, 0.2) is 90.2 Å². The molecule has 1 aliphatic rings. The summed E-state index contributed by atoms with van der Waals surface area (Å²) in [5, 5.41) is 6.18. The lowest BCUT2D eigenvalue weighted by Gasteiger charge is -2.14. The number of aliphatic imine (C=N–C) groups is 1. The van der Waals surface area contributed by atoms with Crippen molar-refractivity contribution in [3.63, 3.8) is 0 Å². The molecule has 0 aliphatic carbocycles. The van der Waals surface area contributed by atoms with E-state index in [2.05, 4.69) is 47.7 Å². The predicted octanol–water partition coefficient (Wildman–Crippen LogP) is 7.08. The van der Waals surface area contributed by atoms with Crippen LogP contribution in [-0.2, 0) is 30.5 Å². The molecule has 40 heavy (non-hydrogen) atoms. The van der Waals surface area contributed by atoms with Gasteiger partial charge >= 0.3 is 6.03 Å². The molecule has 6 nitrogen and oxygen atoms in total. The lowest BCUT2D eigenvalue weighted by molar-refractivity contribution is -0.119. The number of hydrogen-bond acceptors (Lipinski definition) is 4. The van der Waals surface area contributed by atoms with Crippen LogP contribution in [0.25, 0.3) is 0 Å². The van der Waals surface area contributed by atoms with Crippen LogP contribution in [0.2, 0.25) is 5.02 Å². The summed E-state index contributed by atoms with van der Waals surface area (Å²) >= 11 is 6.40. The van der Waals surface area contributed by atoms with E-state index in [0.717, 1.165) is 40.8 Å². The Hall–Kier alpha value is -4.29. The van der Waals surface area contributed by atoms with E-state index in [1.165, 1.54) is 11.1 Å². The van der Waals surface area contributed by atoms with E-state index in [0.29, 0.717) is 29.2 Å². The smallest absolute Gasteiger partial charge is 0.308 e. The van der Waals surface area contributed by atoms with Gasteiger partial charge in [0.15, 0.2) is 5.78 Å². The number of aryl methyl sites for hydroxylation is 2. The van der Waals surface area contributed by atoms with Gasteiger partial charge in [-0.25, -0.2) is 4.79 Å². The second-order valence-electron chi connectivity index (χ2n) is 9.85. The third kappa shape index (κ3) is 6.29. The van der Waals surface area contributed by atoms with Crippen LogP contribution in [0.5, 0.6) is 0 Å². The van der Waals surface area contributed by atoms with Gasteiger partial charge in [-0.2, -0.15) is 0 Å². The number of nitrogens with zero attached hydrogens (tertiary/aromatic N) is 2. The van der Waals surface area contributed by atoms with Crippen LogP contribution in [0.4, 0.5) is 16.2 Å². The first-order valence-electron chi connectivity index (χ1n) is 13.5. The summed E-state index contributed by atoms with van der Waals surface area (Å²) < 4.78 is 0. The molecule has 0 fully saturated rings. The number of fused-ring (bicyclic) bond motifs is 1. The number of pyridine rings is 1. The third-order valence-corrected chi connectivity index (χ3v) is 7.38. The summed E-state index contributed by atoms with van der Waals surface area (Å²) in [7, 11) is 0. The first-order chi connectivity index (χ1) is 19.4. The Kier molecular flexibility index (Phi) is 8.37. The van der Waals surface area contributed by atoms with Crippen LogP contribution in [0.1, 0.15) is 47.2 Å². The van der Waals surface area contributed by atoms with E-state index in [1.807, 2.05) is 42.5 Å². The normalized spacial score (nSPS) is 14.6. The Morgan fingerprint density at radius 3 is 2.42 bits per heavy atom. The Morgan fingerprint density at radius 2 is 1.70 bits per heavy atom. The summed E-state index contributed by atoms with van der Waals surface area (Å²) in [5.41, 5.74) is 8.32. The van der Waals surface area contributed by atoms with Crippen molar-refractivity contribution >= 4 is 40.5 Å². The Morgan fingerprint density at radius 1 is 0.925 bits per heavy atom. The van der Waals surface area contributed by atoms with Gasteiger partial charge in [0, 0.05) is 40.9 Å². The molecule has 1 atom stereocenters. The highest BCUT2D eigenvalue weighted by Crippen LogP contribution is 2.27. The minimum absolute atomic E-state index is 0.0848. The summed E-state index contributed by atoms with van der Waals surface area (Å²) in [6.45, 7) is 4.32. The molecule has 4 aromatic rings. The molecule has 0 spiro atoms. The molecular weight excluding hydrogens is 520 g/mol. The lowest BCUT2D eigenvalue weighted by Crippen LogP contribution is -2.23. The van der Waals surface area contributed by atoms with Crippen LogP contribution >= 0.6 is 11.6 Å². The third-order valence-electron chi connectivity index (χ3n) is 7.15. The number of anilines is 2. The van der Waals surface area contributed by atoms with E-state index in [1.54, 1.807) is 24.5 Å². The van der Waals surface area contributed by atoms with Crippen LogP contribution in [0.3, 0.4) is 0 Å². The fourth-order valence-corrected chi connectivity index (χ4v) is 5.23. The average molecular weight is 551 g/mol. The number of amides is 2. The van der Waals surface area contributed by atoms with Crippen molar-refractivity contribution in [2.75, 3.05) is 10.6 Å². The molecule has 7 heteroatoms. The zero-order chi connectivity index (χ0) is 28.1. The van der Waals surface area contributed by atoms with Crippen molar-refractivity contribution in [1.29, 1.82) is 0 Å². The molecule has 2 heterocycles. The molecule has 0 saturated carbocycles. The van der Waals surface area contributed by atoms with E-state index >= 15 is 0 Å². The van der Waals surface area contributed by atoms with Crippen molar-refractivity contribution in [2.45, 2.75) is 45.6 Å². The Balaban J connectivity index is 1.44. The molecule has 2 N–H and O–H groups in total. The molecule has 3 aromatic carbocycles. The molecule has 0 bridgehead atoms. The molecule has 202 valence electrons. The number of hydrogen-bond donors (Lipinski definition) is 2. The van der Waals surface area contributed by atoms with Crippen molar-refractivity contribution < 1.29 is 9.59 Å². The molecule has 5 rings (SSSR count). The number of urea groups is 1. The fourth-order valence-electron chi connectivity index (χ4n) is 5.06. The number of Topliss-reactive ketones (excluding diaryl/α,β-unsaturated/α-hetero) is 1. The van der Waals surface area contributed by atoms with Crippen molar-refractivity contribution in [3.05, 3.63) is 124 Å². The van der Waals surface area contributed by atoms with Gasteiger partial charge in [-0.05, 0) is 71.5 Å². The van der Waals surface area contributed by atoms with Gasteiger partial charge in [-0.1, -0.05) is 61.8 Å². The average Bonchev–Trinajstić information content (AvgIpc) is 3.09. The van der Waals surface area contributed by atoms with Crippen molar-refractivity contribution in [2.24, 2.45) is 4.99 Å². The minimum atomic E-state index is -0.513. The number of ketones is 1. The van der Waals surface area contributed by atoms with Gasteiger partial charge in [-0.3, -0.25) is 14.8 Å². The zero-order valence-corrected chi connectivity index (χ0v) is 23.3. The van der Waals surface area contributed by atoms with E-state index in [4.69, 9.17) is 16.6 Å². The van der Waals surface area contributed by atoms with Crippen LogP contribution < -0.4 is 10.6 Å². The highest BCUT2D eigenvalue weighted by Gasteiger charge is 2.27. The maximum atomic E-state index is 13.4. The highest BCUT2D eigenvalue weighted by molar-refractivity contribution is 6.31. The Bertz CT molecular complexity index is 1570. The number of aromatic nitrogens is 1. The van der Waals surface area contributed by atoms with Crippen molar-refractivity contribution in [3.8, 4) is 0 Å². The second-order valence-corrected chi connectivity index (χ2v) is 10.3. The van der Waals surface area contributed by atoms with E-state index < -0.39 is 6.04 Å². The monoisotopic (exact) mass is 550 g/mol. The molecule has 1 unspecified atom stereocenters. The highest BCUT2D eigenvalue weighted by atomic mass is 35.5. The van der Waals surface area contributed by atoms with E-state index in [-0.39, 0.29) is 11.8 Å². The maximum absolute atomic E-state index is 13.4. The van der Waals surface area contributed by atoms with Gasteiger partial charge in [0.25, 0.3) is 0 Å². The van der Waals surface area contributed by atoms with Crippen LogP contribution in [-0.4, -0.2) is 28.6 Å². The number of halogens is 1. The largest absolute Gasteiger partial charge is 0.323 e. The molecule has 0 radical (unpaired) electrons. The number of benzene rings is 3. The standard InChI is InChI=1S/C33H31ClN4O2/c1-3-22-8-7-21(16-23(22)4-2)17-30-31(39)18-25-9-12-26(34)19-29(25)32(38-30)24-10-13-27(14-11-24)36-33(40)37-28-6-5-15-35-20-28/h5-16,19-20,30H,3-4,17-18H2,1-2H3,(H2,36,37,40). The summed E-state index contributed by atoms with van der Waals surface area (Å²) in [6.07, 6.45) is 6.00. The first-order valence-corrected chi connectivity index (χ1v) is 13.9. The minimum Gasteiger partial charge on any atom is -0.308 e. The summed E-state index contributed by atoms with van der Waals surface area (Å²) in [5.74, 6) is 0.0848. The molecular formula is C33H31ClN4O2. The number of carbonyl (C=O) groups excluding carboxylic acids is 2. The second kappa shape index (κ2) is 12.3. The first kappa shape index (κ1) is 27.3. The maximum Gasteiger partial charge on any atom is 0.323 e. The zero-order valence-electron chi connectivity index (χ0n) is 22.6. The number of nitrogens with one attached hydrogen (secondary N) is 2. The summed E-state index contributed by atoms with van der Waals surface area (Å²) in [4.78, 5) is 34.9. The van der Waals surface area contributed by atoms with Gasteiger partial charge < -0.3 is 10.6 Å². The predicted molar refractivity (Wildman–Crippen MR) is 162 cm³/mol. The van der Waals surface area contributed by atoms with Gasteiger partial charge in [0.2, 0.25) is 0 Å². The van der Waals surface area contributed by atoms with Crippen molar-refractivity contribution in [1.82, 2.24) is 4.98 Å².